The third-order valence-electron chi connectivity index (χ3n) is 3.33. The number of nitrogens with one attached hydrogen (secondary N) is 1. The summed E-state index contributed by atoms with van der Waals surface area (Å²) in [5, 5.41) is 13.0. The van der Waals surface area contributed by atoms with Gasteiger partial charge in [-0.3, -0.25) is 4.79 Å². The van der Waals surface area contributed by atoms with Gasteiger partial charge in [0, 0.05) is 17.5 Å². The van der Waals surface area contributed by atoms with Crippen molar-refractivity contribution in [3.05, 3.63) is 70.5 Å². The fourth-order valence-corrected chi connectivity index (χ4v) is 2.06. The minimum Gasteiger partial charge on any atom is -0.548 e. The van der Waals surface area contributed by atoms with Gasteiger partial charge in [0.05, 0.1) is 12.0 Å². The molecule has 0 radical (unpaired) electrons. The Morgan fingerprint density at radius 3 is 1.84 bits per heavy atom. The van der Waals surface area contributed by atoms with E-state index in [1.54, 1.807) is 6.07 Å². The maximum atomic E-state index is 13.6. The molecule has 0 bridgehead atoms. The molecule has 0 aliphatic heterocycles. The van der Waals surface area contributed by atoms with Crippen LogP contribution in [-0.2, 0) is 11.2 Å². The van der Waals surface area contributed by atoms with Crippen LogP contribution in [0, 0.1) is 29.1 Å². The van der Waals surface area contributed by atoms with E-state index >= 15 is 0 Å². The van der Waals surface area contributed by atoms with E-state index in [1.807, 2.05) is 5.32 Å². The molecule has 0 saturated carbocycles. The maximum Gasteiger partial charge on any atom is 0.251 e. The van der Waals surface area contributed by atoms with E-state index in [9.17, 15) is 36.6 Å². The molecule has 132 valence electrons. The molecule has 1 atom stereocenters. The minimum absolute atomic E-state index is 0.0335. The van der Waals surface area contributed by atoms with Crippen LogP contribution in [0.15, 0.2) is 30.3 Å². The van der Waals surface area contributed by atoms with Crippen molar-refractivity contribution in [1.82, 2.24) is 5.32 Å². The number of hydrogen-bond acceptors (Lipinski definition) is 3. The Bertz CT molecular complexity index is 797. The number of rotatable bonds is 5. The molecular weight excluding hydrogens is 349 g/mol. The van der Waals surface area contributed by atoms with Gasteiger partial charge in [0.1, 0.15) is 0 Å². The van der Waals surface area contributed by atoms with Gasteiger partial charge in [0.2, 0.25) is 5.82 Å². The lowest BCUT2D eigenvalue weighted by Gasteiger charge is -2.20. The number of halogens is 5. The first-order chi connectivity index (χ1) is 11.7. The lowest BCUT2D eigenvalue weighted by Crippen LogP contribution is -2.49. The second-order valence-electron chi connectivity index (χ2n) is 4.96. The minimum atomic E-state index is -2.36. The summed E-state index contributed by atoms with van der Waals surface area (Å²) < 4.78 is 66.6. The molecule has 9 heteroatoms. The Balaban J connectivity index is 2.32. The Labute approximate surface area is 137 Å². The van der Waals surface area contributed by atoms with E-state index in [0.717, 1.165) is 0 Å². The topological polar surface area (TPSA) is 69.2 Å². The van der Waals surface area contributed by atoms with Crippen LogP contribution in [0.1, 0.15) is 15.9 Å². The van der Waals surface area contributed by atoms with Gasteiger partial charge in [-0.15, -0.1) is 0 Å². The lowest BCUT2D eigenvalue weighted by atomic mass is 10.0. The SMILES string of the molecule is O=C(N[C@H](Cc1c(F)c(F)c(F)c(F)c1F)C(=O)[O-])c1ccccc1. The summed E-state index contributed by atoms with van der Waals surface area (Å²) >= 11 is 0. The smallest absolute Gasteiger partial charge is 0.251 e. The van der Waals surface area contributed by atoms with Gasteiger partial charge in [0.25, 0.3) is 5.91 Å². The summed E-state index contributed by atoms with van der Waals surface area (Å²) in [6.45, 7) is 0. The molecule has 1 amide bonds. The number of carbonyl (C=O) groups is 2. The second-order valence-corrected chi connectivity index (χ2v) is 4.96. The molecule has 25 heavy (non-hydrogen) atoms. The van der Waals surface area contributed by atoms with Gasteiger partial charge in [-0.25, -0.2) is 22.0 Å². The van der Waals surface area contributed by atoms with Gasteiger partial charge >= 0.3 is 0 Å². The van der Waals surface area contributed by atoms with E-state index in [0.29, 0.717) is 0 Å². The predicted octanol–water partition coefficient (Wildman–Crippen LogP) is 1.47. The number of benzene rings is 2. The molecule has 1 N–H and O–H groups in total. The number of aliphatic carboxylic acids is 1. The number of carboxylic acids is 1. The van der Waals surface area contributed by atoms with Crippen LogP contribution in [0.3, 0.4) is 0 Å². The zero-order valence-corrected chi connectivity index (χ0v) is 12.3. The maximum absolute atomic E-state index is 13.6. The highest BCUT2D eigenvalue weighted by atomic mass is 19.2. The number of carboxylic acid groups (broad SMARTS) is 1. The summed E-state index contributed by atoms with van der Waals surface area (Å²) in [6.07, 6.45) is -1.19. The third-order valence-corrected chi connectivity index (χ3v) is 3.33. The molecule has 0 saturated heterocycles. The van der Waals surface area contributed by atoms with Crippen molar-refractivity contribution >= 4 is 11.9 Å². The Morgan fingerprint density at radius 1 is 0.880 bits per heavy atom. The number of carbonyl (C=O) groups excluding carboxylic acids is 2. The summed E-state index contributed by atoms with van der Waals surface area (Å²) in [7, 11) is 0. The molecule has 0 aromatic heterocycles. The first-order valence-corrected chi connectivity index (χ1v) is 6.81. The third kappa shape index (κ3) is 3.76. The monoisotopic (exact) mass is 358 g/mol. The molecule has 2 aromatic rings. The molecule has 0 aliphatic carbocycles. The van der Waals surface area contributed by atoms with Crippen molar-refractivity contribution in [2.45, 2.75) is 12.5 Å². The standard InChI is InChI=1S/C16H10F5NO3/c17-10-8(11(18)13(20)14(21)12(10)19)6-9(16(24)25)22-15(23)7-4-2-1-3-5-7/h1-5,9H,6H2,(H,22,23)(H,24,25)/p-1/t9-/m1/s1. The zero-order chi connectivity index (χ0) is 18.7. The molecule has 4 nitrogen and oxygen atoms in total. The summed E-state index contributed by atoms with van der Waals surface area (Å²) in [5.74, 6) is -14.0. The van der Waals surface area contributed by atoms with E-state index in [-0.39, 0.29) is 5.56 Å². The highest BCUT2D eigenvalue weighted by Gasteiger charge is 2.28. The van der Waals surface area contributed by atoms with Crippen LogP contribution in [-0.4, -0.2) is 17.9 Å². The van der Waals surface area contributed by atoms with Crippen molar-refractivity contribution < 1.29 is 36.6 Å². The van der Waals surface area contributed by atoms with Crippen LogP contribution < -0.4 is 10.4 Å². The Kier molecular flexibility index (Phi) is 5.35. The molecule has 2 aromatic carbocycles. The van der Waals surface area contributed by atoms with Crippen LogP contribution >= 0.6 is 0 Å². The first kappa shape index (κ1) is 18.4. The van der Waals surface area contributed by atoms with Crippen LogP contribution in [0.25, 0.3) is 0 Å². The van der Waals surface area contributed by atoms with E-state index < -0.39 is 59.0 Å². The van der Waals surface area contributed by atoms with Crippen LogP contribution in [0.4, 0.5) is 22.0 Å². The summed E-state index contributed by atoms with van der Waals surface area (Å²) in [6, 6.07) is 5.20. The van der Waals surface area contributed by atoms with Gasteiger partial charge < -0.3 is 15.2 Å². The molecule has 0 fully saturated rings. The van der Waals surface area contributed by atoms with Gasteiger partial charge in [0.15, 0.2) is 23.3 Å². The van der Waals surface area contributed by atoms with Crippen molar-refractivity contribution in [2.24, 2.45) is 0 Å². The average Bonchev–Trinajstić information content (AvgIpc) is 2.61. The molecule has 0 unspecified atom stereocenters. The van der Waals surface area contributed by atoms with E-state index in [4.69, 9.17) is 0 Å². The lowest BCUT2D eigenvalue weighted by molar-refractivity contribution is -0.308. The van der Waals surface area contributed by atoms with E-state index in [2.05, 4.69) is 0 Å². The quantitative estimate of drug-likeness (QED) is 0.500. The fourth-order valence-electron chi connectivity index (χ4n) is 2.06. The van der Waals surface area contributed by atoms with Gasteiger partial charge in [-0.05, 0) is 12.1 Å². The normalized spacial score (nSPS) is 11.9. The molecule has 0 aliphatic rings. The van der Waals surface area contributed by atoms with Crippen molar-refractivity contribution in [1.29, 1.82) is 0 Å². The molecule has 2 rings (SSSR count). The van der Waals surface area contributed by atoms with Gasteiger partial charge in [-0.2, -0.15) is 0 Å². The Hall–Kier alpha value is -2.97. The second kappa shape index (κ2) is 7.29. The number of hydrogen-bond donors (Lipinski definition) is 1. The highest BCUT2D eigenvalue weighted by Crippen LogP contribution is 2.24. The van der Waals surface area contributed by atoms with Crippen molar-refractivity contribution in [3.63, 3.8) is 0 Å². The Morgan fingerprint density at radius 2 is 1.36 bits per heavy atom. The predicted molar refractivity (Wildman–Crippen MR) is 72.6 cm³/mol. The molecular formula is C16H9F5NO3-. The molecule has 0 spiro atoms. The molecule has 0 heterocycles. The zero-order valence-electron chi connectivity index (χ0n) is 12.3. The largest absolute Gasteiger partial charge is 0.548 e. The fraction of sp³-hybridized carbons (Fsp3) is 0.125. The average molecular weight is 358 g/mol. The summed E-state index contributed by atoms with van der Waals surface area (Å²) in [4.78, 5) is 23.0. The van der Waals surface area contributed by atoms with Crippen LogP contribution in [0.5, 0.6) is 0 Å². The van der Waals surface area contributed by atoms with Crippen LogP contribution in [0.2, 0.25) is 0 Å². The van der Waals surface area contributed by atoms with Crippen molar-refractivity contribution in [3.8, 4) is 0 Å². The first-order valence-electron chi connectivity index (χ1n) is 6.81. The summed E-state index contributed by atoms with van der Waals surface area (Å²) in [5.41, 5.74) is -1.33. The van der Waals surface area contributed by atoms with Crippen molar-refractivity contribution in [2.75, 3.05) is 0 Å². The highest BCUT2D eigenvalue weighted by molar-refractivity contribution is 5.96. The van der Waals surface area contributed by atoms with Gasteiger partial charge in [-0.1, -0.05) is 18.2 Å². The van der Waals surface area contributed by atoms with E-state index in [1.165, 1.54) is 24.3 Å². The number of amides is 1.